The van der Waals surface area contributed by atoms with Crippen molar-refractivity contribution in [3.63, 3.8) is 0 Å². The molecule has 2 N–H and O–H groups in total. The van der Waals surface area contributed by atoms with Gasteiger partial charge in [0.25, 0.3) is 11.5 Å². The van der Waals surface area contributed by atoms with Gasteiger partial charge in [-0.05, 0) is 46.7 Å². The lowest BCUT2D eigenvalue weighted by molar-refractivity contribution is -0.125. The number of H-pyrrole nitrogens is 1. The van der Waals surface area contributed by atoms with Crippen molar-refractivity contribution in [1.29, 1.82) is 0 Å². The van der Waals surface area contributed by atoms with E-state index in [4.69, 9.17) is 9.47 Å². The first-order valence-electron chi connectivity index (χ1n) is 9.43. The number of carbonyl (C=O) groups excluding carboxylic acids is 1. The Morgan fingerprint density at radius 2 is 1.73 bits per heavy atom. The average molecular weight is 399 g/mol. The number of carbonyl (C=O) groups is 1. The van der Waals surface area contributed by atoms with Crippen LogP contribution in [-0.2, 0) is 4.79 Å². The number of hydrogen-bond donors (Lipinski definition) is 2. The van der Waals surface area contributed by atoms with Gasteiger partial charge in [-0.3, -0.25) is 14.6 Å². The van der Waals surface area contributed by atoms with Crippen LogP contribution in [-0.4, -0.2) is 28.6 Å². The summed E-state index contributed by atoms with van der Waals surface area (Å²) in [5, 5.41) is 4.67. The number of amides is 1. The van der Waals surface area contributed by atoms with Gasteiger partial charge in [-0.25, -0.2) is 0 Å². The van der Waals surface area contributed by atoms with Crippen molar-refractivity contribution in [2.45, 2.75) is 6.10 Å². The highest BCUT2D eigenvalue weighted by Crippen LogP contribution is 2.36. The Morgan fingerprint density at radius 1 is 1.00 bits per heavy atom. The number of anilines is 1. The zero-order valence-corrected chi connectivity index (χ0v) is 15.8. The fraction of sp³-hybridized carbons (Fsp3) is 0.0870. The predicted molar refractivity (Wildman–Crippen MR) is 113 cm³/mol. The standard InChI is InChI=1S/C23H17N3O4/c27-22-18(9-17(12-25-22)14-5-7-24-8-6-14)26-23(28)21-13-29-19-10-15-3-1-2-4-16(15)11-20(19)30-21/h1-12,21H,13H2,(H,25,27)(H,26,28). The number of ether oxygens (including phenoxy) is 2. The van der Waals surface area contributed by atoms with E-state index in [1.54, 1.807) is 24.7 Å². The van der Waals surface area contributed by atoms with Crippen molar-refractivity contribution in [3.05, 3.63) is 83.5 Å². The van der Waals surface area contributed by atoms with Crippen LogP contribution in [0.3, 0.4) is 0 Å². The first kappa shape index (κ1) is 17.9. The maximum absolute atomic E-state index is 12.8. The van der Waals surface area contributed by atoms with Gasteiger partial charge in [0.2, 0.25) is 6.10 Å². The highest BCUT2D eigenvalue weighted by atomic mass is 16.6. The fourth-order valence-electron chi connectivity index (χ4n) is 3.39. The Balaban J connectivity index is 1.37. The Hall–Kier alpha value is -4.13. The smallest absolute Gasteiger partial charge is 0.271 e. The summed E-state index contributed by atoms with van der Waals surface area (Å²) in [4.78, 5) is 31.6. The van der Waals surface area contributed by atoms with Crippen LogP contribution in [0, 0.1) is 0 Å². The van der Waals surface area contributed by atoms with Gasteiger partial charge < -0.3 is 19.8 Å². The predicted octanol–water partition coefficient (Wildman–Crippen LogP) is 3.37. The maximum atomic E-state index is 12.8. The Bertz CT molecular complexity index is 1300. The molecular formula is C23H17N3O4. The first-order chi connectivity index (χ1) is 14.7. The largest absolute Gasteiger partial charge is 0.485 e. The molecule has 7 heteroatoms. The highest BCUT2D eigenvalue weighted by molar-refractivity contribution is 5.95. The summed E-state index contributed by atoms with van der Waals surface area (Å²) in [6.07, 6.45) is 4.04. The second-order valence-corrected chi connectivity index (χ2v) is 6.92. The molecule has 0 spiro atoms. The lowest BCUT2D eigenvalue weighted by Gasteiger charge is -2.26. The van der Waals surface area contributed by atoms with E-state index < -0.39 is 17.6 Å². The molecule has 5 rings (SSSR count). The molecule has 0 bridgehead atoms. The van der Waals surface area contributed by atoms with Crippen LogP contribution in [0.5, 0.6) is 11.5 Å². The van der Waals surface area contributed by atoms with Gasteiger partial charge in [0.05, 0.1) is 0 Å². The number of rotatable bonds is 3. The molecule has 30 heavy (non-hydrogen) atoms. The highest BCUT2D eigenvalue weighted by Gasteiger charge is 2.28. The summed E-state index contributed by atoms with van der Waals surface area (Å²) in [6.45, 7) is 0.0547. The number of pyridine rings is 2. The number of nitrogens with zero attached hydrogens (tertiary/aromatic N) is 1. The molecule has 0 aliphatic carbocycles. The molecule has 0 saturated carbocycles. The van der Waals surface area contributed by atoms with Crippen LogP contribution >= 0.6 is 0 Å². The molecule has 0 saturated heterocycles. The van der Waals surface area contributed by atoms with Gasteiger partial charge in [-0.1, -0.05) is 24.3 Å². The molecular weight excluding hydrogens is 382 g/mol. The average Bonchev–Trinajstić information content (AvgIpc) is 2.79. The number of hydrogen-bond acceptors (Lipinski definition) is 5. The van der Waals surface area contributed by atoms with Crippen molar-refractivity contribution >= 4 is 22.4 Å². The zero-order chi connectivity index (χ0) is 20.5. The maximum Gasteiger partial charge on any atom is 0.271 e. The Labute approximate surface area is 171 Å². The number of benzene rings is 2. The normalized spacial score (nSPS) is 15.0. The number of aromatic amines is 1. The van der Waals surface area contributed by atoms with Crippen LogP contribution in [0.4, 0.5) is 5.69 Å². The van der Waals surface area contributed by atoms with Crippen LogP contribution in [0.1, 0.15) is 0 Å². The molecule has 0 radical (unpaired) electrons. The van der Waals surface area contributed by atoms with Gasteiger partial charge in [0, 0.05) is 24.2 Å². The minimum atomic E-state index is -0.873. The van der Waals surface area contributed by atoms with E-state index in [9.17, 15) is 9.59 Å². The van der Waals surface area contributed by atoms with Gasteiger partial charge in [-0.2, -0.15) is 0 Å². The number of aromatic nitrogens is 2. The second-order valence-electron chi connectivity index (χ2n) is 6.92. The molecule has 1 unspecified atom stereocenters. The van der Waals surface area contributed by atoms with Crippen LogP contribution in [0.15, 0.2) is 78.0 Å². The molecule has 1 amide bonds. The topological polar surface area (TPSA) is 93.3 Å². The lowest BCUT2D eigenvalue weighted by atomic mass is 10.1. The molecule has 1 aliphatic heterocycles. The minimum absolute atomic E-state index is 0.0547. The summed E-state index contributed by atoms with van der Waals surface area (Å²) < 4.78 is 11.6. The van der Waals surface area contributed by atoms with Crippen molar-refractivity contribution in [2.24, 2.45) is 0 Å². The molecule has 148 valence electrons. The van der Waals surface area contributed by atoms with E-state index in [1.807, 2.05) is 48.5 Å². The molecule has 2 aromatic carbocycles. The van der Waals surface area contributed by atoms with Gasteiger partial charge in [-0.15, -0.1) is 0 Å². The number of nitrogens with one attached hydrogen (secondary N) is 2. The van der Waals surface area contributed by atoms with E-state index in [1.165, 1.54) is 0 Å². The molecule has 4 aromatic rings. The molecule has 2 aromatic heterocycles. The van der Waals surface area contributed by atoms with Crippen LogP contribution in [0.2, 0.25) is 0 Å². The SMILES string of the molecule is O=C(Nc1cc(-c2ccncc2)c[nH]c1=O)C1COc2cc3ccccc3cc2O1. The van der Waals surface area contributed by atoms with Gasteiger partial charge in [0.1, 0.15) is 12.3 Å². The summed E-state index contributed by atoms with van der Waals surface area (Å²) in [5.74, 6) is 0.640. The first-order valence-corrected chi connectivity index (χ1v) is 9.43. The third-order valence-electron chi connectivity index (χ3n) is 4.94. The lowest BCUT2D eigenvalue weighted by Crippen LogP contribution is -2.41. The van der Waals surface area contributed by atoms with Crippen LogP contribution in [0.25, 0.3) is 21.9 Å². The Morgan fingerprint density at radius 3 is 2.50 bits per heavy atom. The van der Waals surface area contributed by atoms with E-state index in [-0.39, 0.29) is 12.3 Å². The summed E-state index contributed by atoms with van der Waals surface area (Å²) >= 11 is 0. The molecule has 0 fully saturated rings. The summed E-state index contributed by atoms with van der Waals surface area (Å²) in [5.41, 5.74) is 1.37. The van der Waals surface area contributed by atoms with Gasteiger partial charge in [0.15, 0.2) is 11.5 Å². The van der Waals surface area contributed by atoms with Crippen molar-refractivity contribution in [2.75, 3.05) is 11.9 Å². The van der Waals surface area contributed by atoms with E-state index in [2.05, 4.69) is 15.3 Å². The second kappa shape index (κ2) is 7.36. The third kappa shape index (κ3) is 3.37. The quantitative estimate of drug-likeness (QED) is 0.551. The molecule has 3 heterocycles. The molecule has 1 atom stereocenters. The molecule has 1 aliphatic rings. The van der Waals surface area contributed by atoms with Crippen molar-refractivity contribution < 1.29 is 14.3 Å². The van der Waals surface area contributed by atoms with E-state index in [0.717, 1.165) is 21.9 Å². The third-order valence-corrected chi connectivity index (χ3v) is 4.94. The molecule has 7 nitrogen and oxygen atoms in total. The van der Waals surface area contributed by atoms with Crippen molar-refractivity contribution in [3.8, 4) is 22.6 Å². The van der Waals surface area contributed by atoms with E-state index >= 15 is 0 Å². The van der Waals surface area contributed by atoms with Crippen molar-refractivity contribution in [1.82, 2.24) is 9.97 Å². The zero-order valence-electron chi connectivity index (χ0n) is 15.8. The Kier molecular flexibility index (Phi) is 4.40. The minimum Gasteiger partial charge on any atom is -0.485 e. The van der Waals surface area contributed by atoms with E-state index in [0.29, 0.717) is 11.5 Å². The summed E-state index contributed by atoms with van der Waals surface area (Å²) in [6, 6.07) is 16.8. The van der Waals surface area contributed by atoms with Crippen LogP contribution < -0.4 is 20.3 Å². The summed E-state index contributed by atoms with van der Waals surface area (Å²) in [7, 11) is 0. The van der Waals surface area contributed by atoms with Gasteiger partial charge >= 0.3 is 0 Å². The fourth-order valence-corrected chi connectivity index (χ4v) is 3.39. The monoisotopic (exact) mass is 399 g/mol. The number of fused-ring (bicyclic) bond motifs is 2.